The summed E-state index contributed by atoms with van der Waals surface area (Å²) in [6.07, 6.45) is 2.07. The van der Waals surface area contributed by atoms with Crippen molar-refractivity contribution in [2.75, 3.05) is 32.1 Å². The van der Waals surface area contributed by atoms with Crippen LogP contribution in [0.4, 0.5) is 5.82 Å². The Balaban J connectivity index is 2.92. The quantitative estimate of drug-likeness (QED) is 0.845. The van der Waals surface area contributed by atoms with E-state index in [1.165, 1.54) is 0 Å². The Morgan fingerprint density at radius 3 is 2.68 bits per heavy atom. The number of rotatable bonds is 6. The highest BCUT2D eigenvalue weighted by molar-refractivity contribution is 5.80. The van der Waals surface area contributed by atoms with Gasteiger partial charge in [0.05, 0.1) is 12.6 Å². The molecule has 1 aromatic heterocycles. The molecule has 1 amide bonds. The van der Waals surface area contributed by atoms with Crippen molar-refractivity contribution in [1.29, 1.82) is 0 Å². The number of likely N-dealkylation sites (N-methyl/N-ethyl adjacent to an activating group) is 1. The predicted octanol–water partition coefficient (Wildman–Crippen LogP) is 1.44. The summed E-state index contributed by atoms with van der Waals surface area (Å²) in [5.74, 6) is 0.771. The van der Waals surface area contributed by atoms with Crippen LogP contribution in [0, 0.1) is 0 Å². The van der Waals surface area contributed by atoms with Gasteiger partial charge in [0.25, 0.3) is 0 Å². The second-order valence-electron chi connectivity index (χ2n) is 4.83. The van der Waals surface area contributed by atoms with Crippen LogP contribution in [0.15, 0.2) is 18.3 Å². The molecule has 0 fully saturated rings. The molecule has 1 heterocycles. The van der Waals surface area contributed by atoms with Crippen LogP contribution in [0.1, 0.15) is 31.9 Å². The highest BCUT2D eigenvalue weighted by atomic mass is 16.3. The molecule has 0 saturated heterocycles. The van der Waals surface area contributed by atoms with E-state index in [-0.39, 0.29) is 5.91 Å². The molecule has 0 spiro atoms. The molecule has 5 nitrogen and oxygen atoms in total. The van der Waals surface area contributed by atoms with Crippen molar-refractivity contribution in [3.05, 3.63) is 23.9 Å². The van der Waals surface area contributed by atoms with Crippen LogP contribution < -0.4 is 4.90 Å². The van der Waals surface area contributed by atoms with Crippen molar-refractivity contribution in [2.45, 2.75) is 26.4 Å². The number of hydrogen-bond donors (Lipinski definition) is 1. The van der Waals surface area contributed by atoms with Gasteiger partial charge in [0.1, 0.15) is 5.82 Å². The SMILES string of the molecule is CCCN(CC(=O)N(C)C)c1cc([C@@H](C)O)ccn1. The van der Waals surface area contributed by atoms with E-state index in [0.29, 0.717) is 6.54 Å². The van der Waals surface area contributed by atoms with Crippen LogP contribution >= 0.6 is 0 Å². The molecular weight excluding hydrogens is 242 g/mol. The first kappa shape index (κ1) is 15.4. The molecule has 106 valence electrons. The lowest BCUT2D eigenvalue weighted by Crippen LogP contribution is -2.37. The number of hydrogen-bond acceptors (Lipinski definition) is 4. The molecule has 0 saturated carbocycles. The summed E-state index contributed by atoms with van der Waals surface area (Å²) in [6, 6.07) is 3.62. The van der Waals surface area contributed by atoms with Crippen molar-refractivity contribution in [3.63, 3.8) is 0 Å². The average molecular weight is 265 g/mol. The Labute approximate surface area is 114 Å². The van der Waals surface area contributed by atoms with Crippen molar-refractivity contribution >= 4 is 11.7 Å². The van der Waals surface area contributed by atoms with Crippen molar-refractivity contribution in [2.24, 2.45) is 0 Å². The zero-order valence-electron chi connectivity index (χ0n) is 12.1. The van der Waals surface area contributed by atoms with Gasteiger partial charge in [0.2, 0.25) is 5.91 Å². The Kier molecular flexibility index (Phi) is 5.76. The summed E-state index contributed by atoms with van der Waals surface area (Å²) >= 11 is 0. The number of nitrogens with zero attached hydrogens (tertiary/aromatic N) is 3. The first-order chi connectivity index (χ1) is 8.95. The minimum absolute atomic E-state index is 0.0395. The van der Waals surface area contributed by atoms with Crippen molar-refractivity contribution in [1.82, 2.24) is 9.88 Å². The minimum Gasteiger partial charge on any atom is -0.389 e. The predicted molar refractivity (Wildman–Crippen MR) is 76.1 cm³/mol. The van der Waals surface area contributed by atoms with E-state index in [4.69, 9.17) is 0 Å². The molecule has 0 aliphatic carbocycles. The number of anilines is 1. The average Bonchev–Trinajstić information content (AvgIpc) is 2.38. The zero-order valence-corrected chi connectivity index (χ0v) is 12.1. The van der Waals surface area contributed by atoms with E-state index < -0.39 is 6.10 Å². The van der Waals surface area contributed by atoms with Gasteiger partial charge in [-0.15, -0.1) is 0 Å². The van der Waals surface area contributed by atoms with Gasteiger partial charge in [-0.2, -0.15) is 0 Å². The maximum absolute atomic E-state index is 11.8. The van der Waals surface area contributed by atoms with Gasteiger partial charge < -0.3 is 14.9 Å². The maximum Gasteiger partial charge on any atom is 0.241 e. The van der Waals surface area contributed by atoms with Gasteiger partial charge in [-0.3, -0.25) is 4.79 Å². The van der Waals surface area contributed by atoms with Gasteiger partial charge in [0, 0.05) is 26.8 Å². The number of aliphatic hydroxyl groups is 1. The fraction of sp³-hybridized carbons (Fsp3) is 0.571. The second kappa shape index (κ2) is 7.09. The van der Waals surface area contributed by atoms with E-state index in [1.807, 2.05) is 11.0 Å². The smallest absolute Gasteiger partial charge is 0.241 e. The number of aliphatic hydroxyl groups excluding tert-OH is 1. The normalized spacial score (nSPS) is 12.1. The molecule has 0 radical (unpaired) electrons. The van der Waals surface area contributed by atoms with E-state index in [1.54, 1.807) is 38.2 Å². The van der Waals surface area contributed by atoms with E-state index in [0.717, 1.165) is 24.3 Å². The number of pyridine rings is 1. The topological polar surface area (TPSA) is 56.7 Å². The van der Waals surface area contributed by atoms with Crippen LogP contribution in [0.2, 0.25) is 0 Å². The molecule has 0 bridgehead atoms. The highest BCUT2D eigenvalue weighted by Crippen LogP contribution is 2.18. The fourth-order valence-corrected chi connectivity index (χ4v) is 1.72. The lowest BCUT2D eigenvalue weighted by Gasteiger charge is -2.24. The van der Waals surface area contributed by atoms with Crippen molar-refractivity contribution < 1.29 is 9.90 Å². The molecule has 19 heavy (non-hydrogen) atoms. The number of amides is 1. The maximum atomic E-state index is 11.8. The standard InChI is InChI=1S/C14H23N3O2/c1-5-8-17(10-14(19)16(3)4)13-9-12(11(2)18)6-7-15-13/h6-7,9,11,18H,5,8,10H2,1-4H3/t11-/m1/s1. The first-order valence-electron chi connectivity index (χ1n) is 6.54. The van der Waals surface area contributed by atoms with Gasteiger partial charge in [-0.25, -0.2) is 4.98 Å². The van der Waals surface area contributed by atoms with Crippen LogP contribution in [0.3, 0.4) is 0 Å². The summed E-state index contributed by atoms with van der Waals surface area (Å²) < 4.78 is 0. The first-order valence-corrected chi connectivity index (χ1v) is 6.54. The Hall–Kier alpha value is -1.62. The monoisotopic (exact) mass is 265 g/mol. The third-order valence-corrected chi connectivity index (χ3v) is 2.89. The van der Waals surface area contributed by atoms with E-state index >= 15 is 0 Å². The highest BCUT2D eigenvalue weighted by Gasteiger charge is 2.14. The molecule has 0 aliphatic heterocycles. The third kappa shape index (κ3) is 4.52. The third-order valence-electron chi connectivity index (χ3n) is 2.89. The molecule has 0 aliphatic rings. The minimum atomic E-state index is -0.533. The number of aromatic nitrogens is 1. The molecule has 1 rings (SSSR count). The molecular formula is C14H23N3O2. The summed E-state index contributed by atoms with van der Waals surface area (Å²) in [7, 11) is 3.48. The number of carbonyl (C=O) groups is 1. The molecule has 1 atom stereocenters. The largest absolute Gasteiger partial charge is 0.389 e. The van der Waals surface area contributed by atoms with Crippen LogP contribution in [0.5, 0.6) is 0 Å². The van der Waals surface area contributed by atoms with Crippen molar-refractivity contribution in [3.8, 4) is 0 Å². The van der Waals surface area contributed by atoms with Gasteiger partial charge in [0.15, 0.2) is 0 Å². The van der Waals surface area contributed by atoms with Gasteiger partial charge in [-0.1, -0.05) is 6.92 Å². The molecule has 5 heteroatoms. The summed E-state index contributed by atoms with van der Waals surface area (Å²) in [4.78, 5) is 19.6. The summed E-state index contributed by atoms with van der Waals surface area (Å²) in [5.41, 5.74) is 0.809. The number of carbonyl (C=O) groups excluding carboxylic acids is 1. The van der Waals surface area contributed by atoms with E-state index in [9.17, 15) is 9.90 Å². The Bertz CT molecular complexity index is 419. The second-order valence-corrected chi connectivity index (χ2v) is 4.83. The van der Waals surface area contributed by atoms with Crippen LogP contribution in [0.25, 0.3) is 0 Å². The molecule has 1 N–H and O–H groups in total. The molecule has 0 aromatic carbocycles. The summed E-state index contributed by atoms with van der Waals surface area (Å²) in [5, 5.41) is 9.61. The Morgan fingerprint density at radius 2 is 2.16 bits per heavy atom. The van der Waals surface area contributed by atoms with E-state index in [2.05, 4.69) is 11.9 Å². The Morgan fingerprint density at radius 1 is 1.47 bits per heavy atom. The fourth-order valence-electron chi connectivity index (χ4n) is 1.72. The lowest BCUT2D eigenvalue weighted by atomic mass is 10.1. The van der Waals surface area contributed by atoms with Crippen LogP contribution in [-0.4, -0.2) is 48.1 Å². The summed E-state index contributed by atoms with van der Waals surface area (Å²) in [6.45, 7) is 4.84. The lowest BCUT2D eigenvalue weighted by molar-refractivity contribution is -0.127. The zero-order chi connectivity index (χ0) is 14.4. The van der Waals surface area contributed by atoms with Crippen LogP contribution in [-0.2, 0) is 4.79 Å². The van der Waals surface area contributed by atoms with Gasteiger partial charge >= 0.3 is 0 Å². The molecule has 0 unspecified atom stereocenters. The van der Waals surface area contributed by atoms with Gasteiger partial charge in [-0.05, 0) is 31.0 Å². The molecule has 1 aromatic rings.